The molecule has 0 radical (unpaired) electrons. The fraction of sp³-hybridized carbons (Fsp3) is 0. The van der Waals surface area contributed by atoms with E-state index in [2.05, 4.69) is 20.3 Å². The minimum absolute atomic E-state index is 0.0283. The van der Waals surface area contributed by atoms with Crippen molar-refractivity contribution >= 4 is 22.6 Å². The number of halogens is 2. The van der Waals surface area contributed by atoms with Gasteiger partial charge in [0.2, 0.25) is 0 Å². The van der Waals surface area contributed by atoms with Crippen molar-refractivity contribution in [2.24, 2.45) is 0 Å². The number of aromatic nitrogens is 3. The van der Waals surface area contributed by atoms with Gasteiger partial charge in [-0.15, -0.1) is 0 Å². The average molecular weight is 454 g/mol. The Bertz CT molecular complexity index is 1510. The highest BCUT2D eigenvalue weighted by Crippen LogP contribution is 2.29. The second-order valence-corrected chi connectivity index (χ2v) is 7.36. The van der Waals surface area contributed by atoms with E-state index < -0.39 is 17.5 Å². The van der Waals surface area contributed by atoms with Gasteiger partial charge in [0.1, 0.15) is 11.6 Å². The summed E-state index contributed by atoms with van der Waals surface area (Å²) in [6.07, 6.45) is 5.03. The van der Waals surface area contributed by atoms with Gasteiger partial charge in [0, 0.05) is 41.3 Å². The van der Waals surface area contributed by atoms with Crippen molar-refractivity contribution in [1.82, 2.24) is 15.0 Å². The smallest absolute Gasteiger partial charge is 0.255 e. The number of nitrogens with one attached hydrogen (secondary N) is 1. The highest BCUT2D eigenvalue weighted by atomic mass is 19.1. The van der Waals surface area contributed by atoms with E-state index in [1.807, 2.05) is 12.1 Å². The minimum atomic E-state index is -0.674. The van der Waals surface area contributed by atoms with Crippen molar-refractivity contribution in [3.8, 4) is 22.8 Å². The van der Waals surface area contributed by atoms with Gasteiger partial charge in [-0.3, -0.25) is 14.8 Å². The van der Waals surface area contributed by atoms with E-state index in [9.17, 15) is 13.6 Å². The van der Waals surface area contributed by atoms with Crippen LogP contribution in [0.2, 0.25) is 0 Å². The van der Waals surface area contributed by atoms with Crippen LogP contribution in [0.4, 0.5) is 14.5 Å². The van der Waals surface area contributed by atoms with E-state index >= 15 is 0 Å². The van der Waals surface area contributed by atoms with Crippen LogP contribution < -0.4 is 10.1 Å². The Morgan fingerprint density at radius 3 is 2.59 bits per heavy atom. The number of fused-ring (bicyclic) bond motifs is 1. The van der Waals surface area contributed by atoms with Crippen LogP contribution in [-0.4, -0.2) is 20.9 Å². The van der Waals surface area contributed by atoms with Crippen LogP contribution >= 0.6 is 0 Å². The average Bonchev–Trinajstić information content (AvgIpc) is 2.86. The lowest BCUT2D eigenvalue weighted by Crippen LogP contribution is -2.12. The Labute approximate surface area is 192 Å². The molecule has 8 heteroatoms. The standard InChI is InChI=1S/C26H16F2N4O2/c27-18-5-1-3-16(11-18)26(33)31-19-6-9-25(21(28)12-19)34-20-7-8-22-23(13-20)32-24(15-30-22)17-4-2-10-29-14-17/h1-15H,(H,31,33). The molecule has 166 valence electrons. The Morgan fingerprint density at radius 2 is 1.79 bits per heavy atom. The minimum Gasteiger partial charge on any atom is -0.454 e. The predicted octanol–water partition coefficient (Wildman–Crippen LogP) is 6.01. The van der Waals surface area contributed by atoms with E-state index in [-0.39, 0.29) is 17.0 Å². The quantitative estimate of drug-likeness (QED) is 0.352. The molecule has 0 fully saturated rings. The van der Waals surface area contributed by atoms with Crippen LogP contribution in [0.5, 0.6) is 11.5 Å². The molecule has 0 unspecified atom stereocenters. The summed E-state index contributed by atoms with van der Waals surface area (Å²) < 4.78 is 33.7. The third kappa shape index (κ3) is 4.56. The topological polar surface area (TPSA) is 77.0 Å². The number of benzene rings is 3. The Hall–Kier alpha value is -4.72. The Balaban J connectivity index is 1.35. The molecule has 0 spiro atoms. The first kappa shape index (κ1) is 21.1. The molecule has 0 aliphatic heterocycles. The number of ether oxygens (including phenoxy) is 1. The van der Waals surface area contributed by atoms with E-state index in [0.717, 1.165) is 17.7 Å². The van der Waals surface area contributed by atoms with Gasteiger partial charge in [-0.1, -0.05) is 6.07 Å². The largest absolute Gasteiger partial charge is 0.454 e. The molecule has 34 heavy (non-hydrogen) atoms. The second-order valence-electron chi connectivity index (χ2n) is 7.36. The van der Waals surface area contributed by atoms with E-state index in [1.54, 1.807) is 36.8 Å². The molecule has 3 aromatic carbocycles. The number of carbonyl (C=O) groups excluding carboxylic acids is 1. The predicted molar refractivity (Wildman–Crippen MR) is 124 cm³/mol. The number of anilines is 1. The molecule has 0 atom stereocenters. The normalized spacial score (nSPS) is 10.8. The van der Waals surface area contributed by atoms with Gasteiger partial charge in [-0.2, -0.15) is 0 Å². The summed E-state index contributed by atoms with van der Waals surface area (Å²) in [5.41, 5.74) is 3.06. The molecule has 2 heterocycles. The first-order chi connectivity index (χ1) is 16.5. The molecule has 5 aromatic rings. The third-order valence-electron chi connectivity index (χ3n) is 4.98. The first-order valence-electron chi connectivity index (χ1n) is 10.3. The molecule has 0 aliphatic rings. The summed E-state index contributed by atoms with van der Waals surface area (Å²) in [5.74, 6) is -1.41. The van der Waals surface area contributed by atoms with Gasteiger partial charge in [-0.25, -0.2) is 13.8 Å². The zero-order valence-corrected chi connectivity index (χ0v) is 17.6. The highest BCUT2D eigenvalue weighted by molar-refractivity contribution is 6.04. The molecule has 0 aliphatic carbocycles. The molecular weight excluding hydrogens is 438 g/mol. The van der Waals surface area contributed by atoms with Crippen LogP contribution in [-0.2, 0) is 0 Å². The van der Waals surface area contributed by atoms with E-state index in [4.69, 9.17) is 4.74 Å². The number of hydrogen-bond donors (Lipinski definition) is 1. The maximum atomic E-state index is 14.7. The summed E-state index contributed by atoms with van der Waals surface area (Å²) in [4.78, 5) is 25.4. The maximum absolute atomic E-state index is 14.7. The molecule has 2 aromatic heterocycles. The zero-order chi connectivity index (χ0) is 23.5. The van der Waals surface area contributed by atoms with Gasteiger partial charge >= 0.3 is 0 Å². The molecule has 1 amide bonds. The number of pyridine rings is 1. The fourth-order valence-electron chi connectivity index (χ4n) is 3.33. The molecule has 6 nitrogen and oxygen atoms in total. The number of rotatable bonds is 5. The lowest BCUT2D eigenvalue weighted by atomic mass is 10.2. The van der Waals surface area contributed by atoms with Crippen LogP contribution in [0.25, 0.3) is 22.3 Å². The van der Waals surface area contributed by atoms with Gasteiger partial charge in [0.15, 0.2) is 11.6 Å². The summed E-state index contributed by atoms with van der Waals surface area (Å²) in [6.45, 7) is 0. The molecule has 0 bridgehead atoms. The lowest BCUT2D eigenvalue weighted by molar-refractivity contribution is 0.102. The highest BCUT2D eigenvalue weighted by Gasteiger charge is 2.12. The van der Waals surface area contributed by atoms with Crippen LogP contribution in [0, 0.1) is 11.6 Å². The molecule has 0 saturated carbocycles. The first-order valence-corrected chi connectivity index (χ1v) is 10.3. The second kappa shape index (κ2) is 9.03. The molecular formula is C26H16F2N4O2. The van der Waals surface area contributed by atoms with Crippen molar-refractivity contribution in [1.29, 1.82) is 0 Å². The summed E-state index contributed by atoms with van der Waals surface area (Å²) in [6, 6.07) is 18.0. The van der Waals surface area contributed by atoms with E-state index in [1.165, 1.54) is 30.3 Å². The Morgan fingerprint density at radius 1 is 0.882 bits per heavy atom. The van der Waals surface area contributed by atoms with Gasteiger partial charge in [0.25, 0.3) is 5.91 Å². The lowest BCUT2D eigenvalue weighted by Gasteiger charge is -2.10. The number of nitrogens with zero attached hydrogens (tertiary/aromatic N) is 3. The van der Waals surface area contributed by atoms with Crippen LogP contribution in [0.1, 0.15) is 10.4 Å². The van der Waals surface area contributed by atoms with Gasteiger partial charge in [-0.05, 0) is 54.6 Å². The van der Waals surface area contributed by atoms with E-state index in [0.29, 0.717) is 22.5 Å². The SMILES string of the molecule is O=C(Nc1ccc(Oc2ccc3ncc(-c4cccnc4)nc3c2)c(F)c1)c1cccc(F)c1. The molecule has 1 N–H and O–H groups in total. The zero-order valence-electron chi connectivity index (χ0n) is 17.6. The monoisotopic (exact) mass is 454 g/mol. The van der Waals surface area contributed by atoms with Crippen molar-refractivity contribution in [2.45, 2.75) is 0 Å². The van der Waals surface area contributed by atoms with Gasteiger partial charge in [0.05, 0.1) is 22.9 Å². The maximum Gasteiger partial charge on any atom is 0.255 e. The van der Waals surface area contributed by atoms with Crippen molar-refractivity contribution in [2.75, 3.05) is 5.32 Å². The fourth-order valence-corrected chi connectivity index (χ4v) is 3.33. The summed E-state index contributed by atoms with van der Waals surface area (Å²) in [5, 5.41) is 2.54. The van der Waals surface area contributed by atoms with Crippen LogP contribution in [0.3, 0.4) is 0 Å². The summed E-state index contributed by atoms with van der Waals surface area (Å²) in [7, 11) is 0. The van der Waals surface area contributed by atoms with Crippen molar-refractivity contribution in [3.63, 3.8) is 0 Å². The molecule has 0 saturated heterocycles. The number of carbonyl (C=O) groups is 1. The van der Waals surface area contributed by atoms with Gasteiger partial charge < -0.3 is 10.1 Å². The summed E-state index contributed by atoms with van der Waals surface area (Å²) >= 11 is 0. The third-order valence-corrected chi connectivity index (χ3v) is 4.98. The van der Waals surface area contributed by atoms with Crippen molar-refractivity contribution in [3.05, 3.63) is 109 Å². The Kier molecular flexibility index (Phi) is 5.61. The van der Waals surface area contributed by atoms with Crippen molar-refractivity contribution < 1.29 is 18.3 Å². The number of hydrogen-bond acceptors (Lipinski definition) is 5. The van der Waals surface area contributed by atoms with Crippen LogP contribution in [0.15, 0.2) is 91.4 Å². The molecule has 5 rings (SSSR count). The number of amides is 1.